The van der Waals surface area contributed by atoms with Crippen molar-refractivity contribution in [1.82, 2.24) is 10.2 Å². The number of nitrogens with zero attached hydrogens (tertiary/aromatic N) is 1. The van der Waals surface area contributed by atoms with Crippen LogP contribution in [0.1, 0.15) is 52.2 Å². The van der Waals surface area contributed by atoms with E-state index in [-0.39, 0.29) is 11.3 Å². The fraction of sp³-hybridized carbons (Fsp3) is 0.375. The molecule has 0 saturated carbocycles. The molecule has 5 rings (SSSR count). The smallest absolute Gasteiger partial charge is 0.254 e. The lowest BCUT2D eigenvalue weighted by molar-refractivity contribution is 0.0689. The lowest BCUT2D eigenvalue weighted by Crippen LogP contribution is -2.44. The van der Waals surface area contributed by atoms with Crippen molar-refractivity contribution in [3.63, 3.8) is 0 Å². The number of carbonyl (C=O) groups excluding carboxylic acids is 1. The van der Waals surface area contributed by atoms with Crippen LogP contribution in [0.2, 0.25) is 0 Å². The molecule has 1 amide bonds. The molecule has 2 fully saturated rings. The molecule has 1 N–H and O–H groups in total. The van der Waals surface area contributed by atoms with Gasteiger partial charge in [-0.2, -0.15) is 0 Å². The highest BCUT2D eigenvalue weighted by Crippen LogP contribution is 2.43. The molecule has 0 unspecified atom stereocenters. The zero-order chi connectivity index (χ0) is 18.3. The Balaban J connectivity index is 1.35. The Morgan fingerprint density at radius 2 is 1.81 bits per heavy atom. The summed E-state index contributed by atoms with van der Waals surface area (Å²) < 4.78 is 0. The maximum absolute atomic E-state index is 13.3. The fourth-order valence-corrected chi connectivity index (χ4v) is 5.12. The van der Waals surface area contributed by atoms with Crippen LogP contribution in [0, 0.1) is 0 Å². The minimum Gasteiger partial charge on any atom is -0.339 e. The van der Waals surface area contributed by atoms with E-state index in [1.165, 1.54) is 16.7 Å². The first-order valence-corrected chi connectivity index (χ1v) is 10.1. The first kappa shape index (κ1) is 16.8. The second-order valence-electron chi connectivity index (χ2n) is 8.15. The van der Waals surface area contributed by atoms with E-state index in [4.69, 9.17) is 0 Å². The molecule has 27 heavy (non-hydrogen) atoms. The van der Waals surface area contributed by atoms with Crippen LogP contribution in [0.4, 0.5) is 0 Å². The monoisotopic (exact) mass is 358 g/mol. The zero-order valence-corrected chi connectivity index (χ0v) is 15.7. The van der Waals surface area contributed by atoms with E-state index in [2.05, 4.69) is 58.8 Å². The van der Waals surface area contributed by atoms with Crippen LogP contribution in [0.5, 0.6) is 0 Å². The average molecular weight is 358 g/mol. The van der Waals surface area contributed by atoms with Crippen molar-refractivity contribution < 1.29 is 4.79 Å². The maximum Gasteiger partial charge on any atom is 0.254 e. The molecule has 0 bridgehead atoms. The van der Waals surface area contributed by atoms with Gasteiger partial charge in [-0.15, -0.1) is 0 Å². The van der Waals surface area contributed by atoms with Crippen LogP contribution < -0.4 is 5.32 Å². The molecule has 138 valence electrons. The Bertz CT molecular complexity index is 887. The van der Waals surface area contributed by atoms with E-state index in [1.54, 1.807) is 0 Å². The summed E-state index contributed by atoms with van der Waals surface area (Å²) >= 11 is 0. The van der Waals surface area contributed by atoms with Crippen molar-refractivity contribution in [1.29, 1.82) is 0 Å². The van der Waals surface area contributed by atoms with Gasteiger partial charge in [-0.3, -0.25) is 4.79 Å². The van der Waals surface area contributed by atoms with Gasteiger partial charge in [0.25, 0.3) is 5.91 Å². The quantitative estimate of drug-likeness (QED) is 0.881. The highest BCUT2D eigenvalue weighted by atomic mass is 16.2. The largest absolute Gasteiger partial charge is 0.339 e. The number of hydrogen-bond donors (Lipinski definition) is 1. The number of amides is 1. The highest BCUT2D eigenvalue weighted by Gasteiger charge is 2.39. The van der Waals surface area contributed by atoms with Gasteiger partial charge < -0.3 is 10.2 Å². The summed E-state index contributed by atoms with van der Waals surface area (Å²) in [7, 11) is 0. The summed E-state index contributed by atoms with van der Waals surface area (Å²) in [6, 6.07) is 16.9. The van der Waals surface area contributed by atoms with Crippen molar-refractivity contribution in [2.45, 2.75) is 30.6 Å². The summed E-state index contributed by atoms with van der Waals surface area (Å²) in [4.78, 5) is 15.4. The van der Waals surface area contributed by atoms with Crippen LogP contribution >= 0.6 is 0 Å². The first-order chi connectivity index (χ1) is 13.3. The van der Waals surface area contributed by atoms with Crippen molar-refractivity contribution in [3.05, 3.63) is 76.9 Å². The standard InChI is InChI=1S/C24H26N2O/c27-23(21-7-3-2-6-20(21)19-10-14-25-17-19)26-15-12-24(13-16-26)11-9-18-5-1-4-8-22(18)24/h1-9,11,19,25H,10,12-17H2/t19-/m1/s1. The molecule has 1 spiro atoms. The van der Waals surface area contributed by atoms with Crippen LogP contribution in [0.25, 0.3) is 6.08 Å². The number of fused-ring (bicyclic) bond motifs is 2. The predicted molar refractivity (Wildman–Crippen MR) is 109 cm³/mol. The van der Waals surface area contributed by atoms with Crippen LogP contribution in [-0.2, 0) is 5.41 Å². The van der Waals surface area contributed by atoms with Crippen molar-refractivity contribution in [3.8, 4) is 0 Å². The minimum atomic E-state index is 0.127. The summed E-state index contributed by atoms with van der Waals surface area (Å²) in [5, 5.41) is 3.43. The summed E-state index contributed by atoms with van der Waals surface area (Å²) in [6.07, 6.45) is 7.78. The van der Waals surface area contributed by atoms with Crippen LogP contribution in [-0.4, -0.2) is 37.0 Å². The molecule has 1 aliphatic carbocycles. The topological polar surface area (TPSA) is 32.3 Å². The number of hydrogen-bond acceptors (Lipinski definition) is 2. The van der Waals surface area contributed by atoms with Crippen molar-refractivity contribution >= 4 is 12.0 Å². The molecular formula is C24H26N2O. The molecule has 0 radical (unpaired) electrons. The van der Waals surface area contributed by atoms with E-state index in [0.29, 0.717) is 5.92 Å². The third-order valence-corrected chi connectivity index (χ3v) is 6.71. The highest BCUT2D eigenvalue weighted by molar-refractivity contribution is 5.96. The third-order valence-electron chi connectivity index (χ3n) is 6.71. The lowest BCUT2D eigenvalue weighted by Gasteiger charge is -2.39. The van der Waals surface area contributed by atoms with Gasteiger partial charge in [0, 0.05) is 30.6 Å². The molecule has 3 nitrogen and oxygen atoms in total. The third kappa shape index (κ3) is 2.81. The van der Waals surface area contributed by atoms with E-state index in [9.17, 15) is 4.79 Å². The molecule has 1 atom stereocenters. The molecule has 2 heterocycles. The number of allylic oxidation sites excluding steroid dienone is 1. The van der Waals surface area contributed by atoms with E-state index in [0.717, 1.165) is 51.0 Å². The molecule has 2 aromatic carbocycles. The zero-order valence-electron chi connectivity index (χ0n) is 15.7. The lowest BCUT2D eigenvalue weighted by atomic mass is 9.74. The van der Waals surface area contributed by atoms with Gasteiger partial charge in [0.15, 0.2) is 0 Å². The Morgan fingerprint density at radius 1 is 1.04 bits per heavy atom. The Morgan fingerprint density at radius 3 is 2.63 bits per heavy atom. The first-order valence-electron chi connectivity index (χ1n) is 10.1. The Hall–Kier alpha value is -2.39. The maximum atomic E-state index is 13.3. The number of carbonyl (C=O) groups is 1. The van der Waals surface area contributed by atoms with Gasteiger partial charge in [0.1, 0.15) is 0 Å². The molecular weight excluding hydrogens is 332 g/mol. The number of likely N-dealkylation sites (tertiary alicyclic amines) is 1. The van der Waals surface area contributed by atoms with Crippen molar-refractivity contribution in [2.24, 2.45) is 0 Å². The van der Waals surface area contributed by atoms with Gasteiger partial charge in [-0.25, -0.2) is 0 Å². The van der Waals surface area contributed by atoms with Gasteiger partial charge in [-0.1, -0.05) is 54.6 Å². The Labute approximate surface area is 161 Å². The molecule has 0 aromatic heterocycles. The molecule has 2 aliphatic heterocycles. The number of nitrogens with one attached hydrogen (secondary N) is 1. The van der Waals surface area contributed by atoms with Crippen LogP contribution in [0.3, 0.4) is 0 Å². The molecule has 3 aliphatic rings. The van der Waals surface area contributed by atoms with Crippen molar-refractivity contribution in [2.75, 3.05) is 26.2 Å². The number of benzene rings is 2. The van der Waals surface area contributed by atoms with Gasteiger partial charge in [0.2, 0.25) is 0 Å². The second-order valence-corrected chi connectivity index (χ2v) is 8.15. The van der Waals surface area contributed by atoms with Crippen LogP contribution in [0.15, 0.2) is 54.6 Å². The predicted octanol–water partition coefficient (Wildman–Crippen LogP) is 3.96. The van der Waals surface area contributed by atoms with E-state index < -0.39 is 0 Å². The Kier molecular flexibility index (Phi) is 4.13. The van der Waals surface area contributed by atoms with Gasteiger partial charge in [0.05, 0.1) is 0 Å². The summed E-state index contributed by atoms with van der Waals surface area (Å²) in [6.45, 7) is 3.68. The van der Waals surface area contributed by atoms with E-state index in [1.807, 2.05) is 12.1 Å². The summed E-state index contributed by atoms with van der Waals surface area (Å²) in [5.74, 6) is 0.675. The molecule has 2 aromatic rings. The van der Waals surface area contributed by atoms with E-state index >= 15 is 0 Å². The average Bonchev–Trinajstić information content (AvgIpc) is 3.38. The normalized spacial score (nSPS) is 23.0. The summed E-state index contributed by atoms with van der Waals surface area (Å²) in [5.41, 5.74) is 5.04. The number of piperidine rings is 1. The molecule has 2 saturated heterocycles. The SMILES string of the molecule is O=C(c1ccccc1[C@@H]1CCNC1)N1CCC2(C=Cc3ccccc32)CC1. The van der Waals surface area contributed by atoms with Gasteiger partial charge in [-0.05, 0) is 54.5 Å². The minimum absolute atomic E-state index is 0.127. The second kappa shape index (κ2) is 6.65. The fourth-order valence-electron chi connectivity index (χ4n) is 5.12. The molecule has 3 heteroatoms. The number of rotatable bonds is 2. The van der Waals surface area contributed by atoms with Gasteiger partial charge >= 0.3 is 0 Å².